The Morgan fingerprint density at radius 2 is 2.33 bits per heavy atom. The number of hydrogen-bond donors (Lipinski definition) is 0. The standard InChI is InChI=1S/C13H13NO4/c1-17-11-5-3-2-4-10(11)6-7-12(15)14-8-9-18-13(14)16/h2-7H,8-9H2,1H3/b7-6+/i8D2,9D2. The Hall–Kier alpha value is -2.30. The van der Waals surface area contributed by atoms with Crippen LogP contribution in [0, 0.1) is 0 Å². The van der Waals surface area contributed by atoms with E-state index in [0.717, 1.165) is 6.08 Å². The maximum atomic E-state index is 12.0. The minimum absolute atomic E-state index is 0.110. The predicted octanol–water partition coefficient (Wildman–Crippen LogP) is 1.69. The van der Waals surface area contributed by atoms with Gasteiger partial charge >= 0.3 is 6.09 Å². The molecule has 0 unspecified atom stereocenters. The number of hydrogen-bond acceptors (Lipinski definition) is 4. The molecule has 1 aromatic rings. The lowest BCUT2D eigenvalue weighted by Crippen LogP contribution is -2.29. The molecule has 0 bridgehead atoms. The fraction of sp³-hybridized carbons (Fsp3) is 0.231. The highest BCUT2D eigenvalue weighted by molar-refractivity contribution is 6.01. The zero-order chi connectivity index (χ0) is 16.5. The Morgan fingerprint density at radius 3 is 3.00 bits per heavy atom. The summed E-state index contributed by atoms with van der Waals surface area (Å²) in [5, 5.41) is 0. The lowest BCUT2D eigenvalue weighted by atomic mass is 10.2. The molecule has 0 aromatic heterocycles. The van der Waals surface area contributed by atoms with Crippen LogP contribution in [-0.4, -0.2) is 37.1 Å². The van der Waals surface area contributed by atoms with Gasteiger partial charge in [-0.1, -0.05) is 18.2 Å². The van der Waals surface area contributed by atoms with E-state index in [9.17, 15) is 9.59 Å². The molecule has 0 aliphatic carbocycles. The summed E-state index contributed by atoms with van der Waals surface area (Å²) in [6.07, 6.45) is 0.932. The zero-order valence-corrected chi connectivity index (χ0v) is 9.54. The normalized spacial score (nSPS) is 23.8. The molecular formula is C13H13NO4. The molecule has 1 fully saturated rings. The molecule has 1 aliphatic rings. The van der Waals surface area contributed by atoms with Crippen LogP contribution in [0.1, 0.15) is 11.0 Å². The molecule has 2 rings (SSSR count). The zero-order valence-electron chi connectivity index (χ0n) is 13.5. The van der Waals surface area contributed by atoms with Gasteiger partial charge in [-0.15, -0.1) is 0 Å². The van der Waals surface area contributed by atoms with Gasteiger partial charge in [-0.05, 0) is 12.1 Å². The van der Waals surface area contributed by atoms with Crippen molar-refractivity contribution in [3.63, 3.8) is 0 Å². The first-order chi connectivity index (χ1) is 10.2. The summed E-state index contributed by atoms with van der Waals surface area (Å²) in [6.45, 7) is -5.80. The topological polar surface area (TPSA) is 55.8 Å². The van der Waals surface area contributed by atoms with Crippen LogP contribution in [0.25, 0.3) is 6.08 Å². The number of cyclic esters (lactones) is 1. The number of benzene rings is 1. The second-order valence-corrected chi connectivity index (χ2v) is 3.33. The van der Waals surface area contributed by atoms with Crippen LogP contribution in [-0.2, 0) is 9.53 Å². The molecule has 94 valence electrons. The van der Waals surface area contributed by atoms with Crippen LogP contribution in [0.15, 0.2) is 30.3 Å². The smallest absolute Gasteiger partial charge is 0.416 e. The molecule has 0 spiro atoms. The molecule has 5 nitrogen and oxygen atoms in total. The van der Waals surface area contributed by atoms with Gasteiger partial charge in [0.15, 0.2) is 0 Å². The largest absolute Gasteiger partial charge is 0.496 e. The quantitative estimate of drug-likeness (QED) is 0.767. The number of amides is 2. The fourth-order valence-corrected chi connectivity index (χ4v) is 1.39. The van der Waals surface area contributed by atoms with E-state index in [4.69, 9.17) is 10.2 Å². The van der Waals surface area contributed by atoms with E-state index in [1.807, 2.05) is 0 Å². The highest BCUT2D eigenvalue weighted by Crippen LogP contribution is 2.18. The molecule has 18 heavy (non-hydrogen) atoms. The molecule has 1 saturated heterocycles. The van der Waals surface area contributed by atoms with E-state index in [1.165, 1.54) is 13.2 Å². The molecule has 1 heterocycles. The van der Waals surface area contributed by atoms with Gasteiger partial charge < -0.3 is 9.47 Å². The van der Waals surface area contributed by atoms with Crippen LogP contribution >= 0.6 is 0 Å². The number of rotatable bonds is 3. The number of carbonyl (C=O) groups is 2. The Labute approximate surface area is 110 Å². The van der Waals surface area contributed by atoms with Crippen LogP contribution in [0.2, 0.25) is 0 Å². The molecule has 1 aliphatic heterocycles. The molecule has 0 atom stereocenters. The SMILES string of the molecule is [2H]C1([2H])OC(=O)N(C(=O)/C=C/c2ccccc2OC)C1([2H])[2H]. The molecular weight excluding hydrogens is 234 g/mol. The maximum Gasteiger partial charge on any atom is 0.416 e. The van der Waals surface area contributed by atoms with Crippen LogP contribution in [0.3, 0.4) is 0 Å². The molecule has 0 N–H and O–H groups in total. The van der Waals surface area contributed by atoms with Crippen molar-refractivity contribution in [1.29, 1.82) is 0 Å². The monoisotopic (exact) mass is 251 g/mol. The first-order valence-corrected chi connectivity index (χ1v) is 5.09. The van der Waals surface area contributed by atoms with Gasteiger partial charge in [-0.2, -0.15) is 0 Å². The lowest BCUT2D eigenvalue weighted by molar-refractivity contribution is -0.122. The Morgan fingerprint density at radius 1 is 1.56 bits per heavy atom. The summed E-state index contributed by atoms with van der Waals surface area (Å²) < 4.78 is 39.1. The summed E-state index contributed by atoms with van der Waals surface area (Å²) in [5.74, 6) is -0.531. The number of nitrogens with zero attached hydrogens (tertiary/aromatic N) is 1. The molecule has 0 radical (unpaired) electrons. The highest BCUT2D eigenvalue weighted by Gasteiger charge is 2.26. The highest BCUT2D eigenvalue weighted by atomic mass is 16.6. The van der Waals surface area contributed by atoms with E-state index < -0.39 is 25.1 Å². The van der Waals surface area contributed by atoms with E-state index in [1.54, 1.807) is 24.3 Å². The second-order valence-electron chi connectivity index (χ2n) is 3.33. The van der Waals surface area contributed by atoms with Gasteiger partial charge in [-0.3, -0.25) is 4.79 Å². The number of para-hydroxylation sites is 1. The van der Waals surface area contributed by atoms with Crippen molar-refractivity contribution < 1.29 is 24.5 Å². The lowest BCUT2D eigenvalue weighted by Gasteiger charge is -2.07. The Kier molecular flexibility index (Phi) is 2.36. The summed E-state index contributed by atoms with van der Waals surface area (Å²) in [7, 11) is 1.46. The van der Waals surface area contributed by atoms with E-state index >= 15 is 0 Å². The summed E-state index contributed by atoms with van der Waals surface area (Å²) in [4.78, 5) is 23.7. The number of methoxy groups -OCH3 is 1. The predicted molar refractivity (Wildman–Crippen MR) is 65.1 cm³/mol. The minimum atomic E-state index is -2.90. The van der Waals surface area contributed by atoms with Gasteiger partial charge in [0.05, 0.1) is 19.1 Å². The maximum absolute atomic E-state index is 12.0. The number of imide groups is 1. The van der Waals surface area contributed by atoms with Crippen molar-refractivity contribution in [1.82, 2.24) is 4.90 Å². The van der Waals surface area contributed by atoms with E-state index in [-0.39, 0.29) is 4.90 Å². The van der Waals surface area contributed by atoms with Crippen LogP contribution in [0.5, 0.6) is 5.75 Å². The summed E-state index contributed by atoms with van der Waals surface area (Å²) in [6, 6.07) is 6.79. The Bertz CT molecular complexity index is 645. The van der Waals surface area contributed by atoms with Crippen molar-refractivity contribution >= 4 is 18.1 Å². The van der Waals surface area contributed by atoms with Crippen molar-refractivity contribution in [3.8, 4) is 5.75 Å². The van der Waals surface area contributed by atoms with E-state index in [0.29, 0.717) is 11.3 Å². The van der Waals surface area contributed by atoms with Crippen LogP contribution < -0.4 is 4.74 Å². The van der Waals surface area contributed by atoms with Gasteiger partial charge in [-0.25, -0.2) is 9.69 Å². The average Bonchev–Trinajstić information content (AvgIpc) is 2.60. The van der Waals surface area contributed by atoms with Gasteiger partial charge in [0.25, 0.3) is 5.91 Å². The molecule has 2 amide bonds. The third-order valence-corrected chi connectivity index (χ3v) is 2.24. The Balaban J connectivity index is 2.26. The van der Waals surface area contributed by atoms with Crippen molar-refractivity contribution in [2.45, 2.75) is 0 Å². The average molecular weight is 251 g/mol. The molecule has 1 aromatic carbocycles. The summed E-state index contributed by atoms with van der Waals surface area (Å²) >= 11 is 0. The third kappa shape index (κ3) is 2.51. The molecule has 0 saturated carbocycles. The van der Waals surface area contributed by atoms with Crippen molar-refractivity contribution in [2.75, 3.05) is 20.2 Å². The molecule has 5 heteroatoms. The van der Waals surface area contributed by atoms with Crippen molar-refractivity contribution in [2.24, 2.45) is 0 Å². The van der Waals surface area contributed by atoms with Gasteiger partial charge in [0, 0.05) is 11.6 Å². The van der Waals surface area contributed by atoms with Gasteiger partial charge in [0.2, 0.25) is 0 Å². The third-order valence-electron chi connectivity index (χ3n) is 2.24. The van der Waals surface area contributed by atoms with Crippen molar-refractivity contribution in [3.05, 3.63) is 35.9 Å². The minimum Gasteiger partial charge on any atom is -0.496 e. The van der Waals surface area contributed by atoms with E-state index in [2.05, 4.69) is 4.74 Å². The number of carbonyl (C=O) groups excluding carboxylic acids is 2. The van der Waals surface area contributed by atoms with Crippen LogP contribution in [0.4, 0.5) is 4.79 Å². The first-order valence-electron chi connectivity index (χ1n) is 7.09. The fourth-order valence-electron chi connectivity index (χ4n) is 1.39. The first kappa shape index (κ1) is 7.92. The summed E-state index contributed by atoms with van der Waals surface area (Å²) in [5.41, 5.74) is 0.550. The second kappa shape index (κ2) is 5.35. The number of ether oxygens (including phenoxy) is 2. The van der Waals surface area contributed by atoms with Gasteiger partial charge in [0.1, 0.15) is 12.3 Å².